The number of nitrogens with zero attached hydrogens (tertiary/aromatic N) is 3. The topological polar surface area (TPSA) is 68.0 Å². The molecule has 62 valence electrons. The molecule has 0 amide bonds. The van der Waals surface area contributed by atoms with Gasteiger partial charge in [0.15, 0.2) is 0 Å². The molecule has 1 rings (SSSR count). The second kappa shape index (κ2) is 4.68. The summed E-state index contributed by atoms with van der Waals surface area (Å²) in [6.45, 7) is 0.384. The Morgan fingerprint density at radius 1 is 1.64 bits per heavy atom. The van der Waals surface area contributed by atoms with Crippen LogP contribution in [0.4, 0.5) is 0 Å². The Kier molecular flexibility index (Phi) is 4.21. The Balaban J connectivity index is 0.000001000. The van der Waals surface area contributed by atoms with Crippen LogP contribution in [0.1, 0.15) is 6.42 Å². The average molecular weight is 178 g/mol. The van der Waals surface area contributed by atoms with Crippen molar-refractivity contribution in [2.45, 2.75) is 13.0 Å². The molecule has 0 saturated heterocycles. The highest BCUT2D eigenvalue weighted by molar-refractivity contribution is 5.85. The summed E-state index contributed by atoms with van der Waals surface area (Å²) in [7, 11) is 0. The van der Waals surface area contributed by atoms with Crippen molar-refractivity contribution >= 4 is 18.4 Å². The lowest BCUT2D eigenvalue weighted by atomic mass is 10.4. The van der Waals surface area contributed by atoms with Gasteiger partial charge in [-0.2, -0.15) is 5.10 Å². The number of hydrogen-bond acceptors (Lipinski definition) is 3. The number of aromatic nitrogens is 3. The van der Waals surface area contributed by atoms with E-state index in [1.807, 2.05) is 0 Å². The van der Waals surface area contributed by atoms with Gasteiger partial charge >= 0.3 is 5.97 Å². The Bertz CT molecular complexity index is 212. The minimum atomic E-state index is -0.824. The lowest BCUT2D eigenvalue weighted by molar-refractivity contribution is -0.137. The van der Waals surface area contributed by atoms with E-state index in [1.54, 1.807) is 0 Å². The highest BCUT2D eigenvalue weighted by Crippen LogP contribution is 1.85. The quantitative estimate of drug-likeness (QED) is 0.715. The minimum absolute atomic E-state index is 0. The molecule has 11 heavy (non-hydrogen) atoms. The molecule has 0 radical (unpaired) electrons. The van der Waals surface area contributed by atoms with Crippen molar-refractivity contribution in [3.05, 3.63) is 12.7 Å². The van der Waals surface area contributed by atoms with Crippen LogP contribution in [0.5, 0.6) is 0 Å². The maximum Gasteiger partial charge on any atom is 0.305 e. The Morgan fingerprint density at radius 2 is 2.36 bits per heavy atom. The van der Waals surface area contributed by atoms with Crippen LogP contribution in [0.15, 0.2) is 12.7 Å². The molecule has 0 aliphatic heterocycles. The number of carbonyl (C=O) groups is 1. The lowest BCUT2D eigenvalue weighted by Crippen LogP contribution is -2.04. The first-order valence-corrected chi connectivity index (χ1v) is 2.83. The maximum atomic E-state index is 10.0. The zero-order valence-electron chi connectivity index (χ0n) is 5.67. The molecule has 0 atom stereocenters. The van der Waals surface area contributed by atoms with E-state index < -0.39 is 5.97 Å². The summed E-state index contributed by atoms with van der Waals surface area (Å²) in [6.07, 6.45) is 2.95. The number of halogens is 1. The van der Waals surface area contributed by atoms with Crippen LogP contribution in [-0.2, 0) is 11.3 Å². The van der Waals surface area contributed by atoms with Gasteiger partial charge in [-0.1, -0.05) is 0 Å². The van der Waals surface area contributed by atoms with Gasteiger partial charge in [0.05, 0.1) is 13.0 Å². The summed E-state index contributed by atoms with van der Waals surface area (Å²) in [5, 5.41) is 12.0. The second-order valence-electron chi connectivity index (χ2n) is 1.80. The number of aliphatic carboxylic acids is 1. The van der Waals surface area contributed by atoms with Crippen LogP contribution in [0.25, 0.3) is 0 Å². The van der Waals surface area contributed by atoms with Gasteiger partial charge in [0, 0.05) is 0 Å². The molecule has 1 aromatic rings. The molecule has 0 spiro atoms. The predicted molar refractivity (Wildman–Crippen MR) is 39.5 cm³/mol. The van der Waals surface area contributed by atoms with Crippen molar-refractivity contribution in [2.24, 2.45) is 0 Å². The van der Waals surface area contributed by atoms with E-state index in [4.69, 9.17) is 5.11 Å². The molecule has 0 aliphatic rings. The van der Waals surface area contributed by atoms with Crippen molar-refractivity contribution in [1.29, 1.82) is 0 Å². The van der Waals surface area contributed by atoms with E-state index >= 15 is 0 Å². The summed E-state index contributed by atoms with van der Waals surface area (Å²) in [6, 6.07) is 0. The van der Waals surface area contributed by atoms with Gasteiger partial charge in [-0.25, -0.2) is 4.98 Å². The molecule has 0 aromatic carbocycles. The Hall–Kier alpha value is -1.10. The van der Waals surface area contributed by atoms with Gasteiger partial charge in [-0.3, -0.25) is 9.48 Å². The third-order valence-corrected chi connectivity index (χ3v) is 1.02. The zero-order valence-corrected chi connectivity index (χ0v) is 6.49. The zero-order chi connectivity index (χ0) is 7.40. The fourth-order valence-electron chi connectivity index (χ4n) is 0.558. The van der Waals surface area contributed by atoms with Gasteiger partial charge in [0.1, 0.15) is 12.7 Å². The van der Waals surface area contributed by atoms with Crippen LogP contribution in [-0.4, -0.2) is 25.8 Å². The normalized spacial score (nSPS) is 8.73. The van der Waals surface area contributed by atoms with Crippen LogP contribution in [0.2, 0.25) is 0 Å². The van der Waals surface area contributed by atoms with Gasteiger partial charge < -0.3 is 5.11 Å². The summed E-state index contributed by atoms with van der Waals surface area (Å²) in [5.41, 5.74) is 0. The van der Waals surface area contributed by atoms with E-state index in [1.165, 1.54) is 17.3 Å². The van der Waals surface area contributed by atoms with Gasteiger partial charge in [0.25, 0.3) is 0 Å². The molecule has 0 aliphatic carbocycles. The van der Waals surface area contributed by atoms with Crippen molar-refractivity contribution in [2.75, 3.05) is 0 Å². The van der Waals surface area contributed by atoms with Gasteiger partial charge in [-0.05, 0) is 0 Å². The molecule has 1 aromatic heterocycles. The molecule has 6 heteroatoms. The summed E-state index contributed by atoms with van der Waals surface area (Å²) < 4.78 is 1.48. The average Bonchev–Trinajstić information content (AvgIpc) is 2.34. The summed E-state index contributed by atoms with van der Waals surface area (Å²) in [5.74, 6) is -0.824. The molecule has 5 nitrogen and oxygen atoms in total. The van der Waals surface area contributed by atoms with E-state index in [2.05, 4.69) is 10.1 Å². The molecule has 1 heterocycles. The molecule has 1 N–H and O–H groups in total. The lowest BCUT2D eigenvalue weighted by Gasteiger charge is -1.93. The smallest absolute Gasteiger partial charge is 0.305 e. The van der Waals surface area contributed by atoms with Crippen molar-refractivity contribution in [1.82, 2.24) is 14.8 Å². The maximum absolute atomic E-state index is 10.0. The van der Waals surface area contributed by atoms with Crippen molar-refractivity contribution in [3.63, 3.8) is 0 Å². The molecular weight excluding hydrogens is 170 g/mol. The first kappa shape index (κ1) is 9.90. The number of aryl methyl sites for hydroxylation is 1. The molecule has 0 bridgehead atoms. The molecule has 0 unspecified atom stereocenters. The molecule has 0 saturated carbocycles. The first-order chi connectivity index (χ1) is 4.79. The van der Waals surface area contributed by atoms with Gasteiger partial charge in [-0.15, -0.1) is 12.4 Å². The van der Waals surface area contributed by atoms with Crippen LogP contribution in [0.3, 0.4) is 0 Å². The summed E-state index contributed by atoms with van der Waals surface area (Å²) >= 11 is 0. The Labute approximate surface area is 69.5 Å². The minimum Gasteiger partial charge on any atom is -0.481 e. The Morgan fingerprint density at radius 3 is 2.82 bits per heavy atom. The summed E-state index contributed by atoms with van der Waals surface area (Å²) in [4.78, 5) is 13.7. The van der Waals surface area contributed by atoms with Gasteiger partial charge in [0.2, 0.25) is 0 Å². The molecular formula is C5H8ClN3O2. The second-order valence-corrected chi connectivity index (χ2v) is 1.80. The largest absolute Gasteiger partial charge is 0.481 e. The van der Waals surface area contributed by atoms with E-state index in [-0.39, 0.29) is 18.8 Å². The fourth-order valence-corrected chi connectivity index (χ4v) is 0.558. The number of carboxylic acids is 1. The van der Waals surface area contributed by atoms with Crippen molar-refractivity contribution in [3.8, 4) is 0 Å². The van der Waals surface area contributed by atoms with E-state index in [0.717, 1.165) is 0 Å². The van der Waals surface area contributed by atoms with Crippen LogP contribution in [0, 0.1) is 0 Å². The molecule has 0 fully saturated rings. The standard InChI is InChI=1S/C5H7N3O2.ClH/c9-5(10)1-2-8-4-6-3-7-8;/h3-4H,1-2H2,(H,9,10);1H. The van der Waals surface area contributed by atoms with Crippen LogP contribution < -0.4 is 0 Å². The van der Waals surface area contributed by atoms with E-state index in [9.17, 15) is 4.79 Å². The highest BCUT2D eigenvalue weighted by atomic mass is 35.5. The number of rotatable bonds is 3. The third kappa shape index (κ3) is 3.57. The first-order valence-electron chi connectivity index (χ1n) is 2.83. The fraction of sp³-hybridized carbons (Fsp3) is 0.400. The predicted octanol–water partition coefficient (Wildman–Crippen LogP) is 0.175. The SMILES string of the molecule is Cl.O=C(O)CCn1cncn1. The number of hydrogen-bond donors (Lipinski definition) is 1. The monoisotopic (exact) mass is 177 g/mol. The number of carboxylic acid groups (broad SMARTS) is 1. The van der Waals surface area contributed by atoms with Crippen molar-refractivity contribution < 1.29 is 9.90 Å². The van der Waals surface area contributed by atoms with E-state index in [0.29, 0.717) is 6.54 Å². The van der Waals surface area contributed by atoms with Crippen LogP contribution >= 0.6 is 12.4 Å². The highest BCUT2D eigenvalue weighted by Gasteiger charge is 1.96. The third-order valence-electron chi connectivity index (χ3n) is 1.02.